The van der Waals surface area contributed by atoms with Crippen LogP contribution < -0.4 is 0 Å². The van der Waals surface area contributed by atoms with E-state index in [4.69, 9.17) is 4.42 Å². The van der Waals surface area contributed by atoms with Gasteiger partial charge in [-0.15, -0.1) is 0 Å². The molecule has 0 amide bonds. The molecule has 4 rings (SSSR count). The van der Waals surface area contributed by atoms with Crippen LogP contribution in [0.2, 0.25) is 0 Å². The van der Waals surface area contributed by atoms with Crippen molar-refractivity contribution in [1.29, 1.82) is 5.26 Å². The van der Waals surface area contributed by atoms with E-state index in [0.29, 0.717) is 22.7 Å². The molecular formula is C25H15NO5. The molecule has 0 unspecified atom stereocenters. The van der Waals surface area contributed by atoms with Crippen molar-refractivity contribution in [1.82, 2.24) is 0 Å². The van der Waals surface area contributed by atoms with Crippen LogP contribution in [0.5, 0.6) is 0 Å². The summed E-state index contributed by atoms with van der Waals surface area (Å²) in [6.07, 6.45) is 1.60. The van der Waals surface area contributed by atoms with Crippen LogP contribution in [0.15, 0.2) is 77.2 Å². The Labute approximate surface area is 176 Å². The predicted octanol–water partition coefficient (Wildman–Crippen LogP) is 5.56. The Morgan fingerprint density at radius 2 is 1.55 bits per heavy atom. The number of allylic oxidation sites excluding steroid dienone is 1. The maximum absolute atomic E-state index is 11.3. The summed E-state index contributed by atoms with van der Waals surface area (Å²) in [5.74, 6) is -1.79. The molecule has 0 spiro atoms. The lowest BCUT2D eigenvalue weighted by Gasteiger charge is -2.05. The van der Waals surface area contributed by atoms with Crippen molar-refractivity contribution >= 4 is 34.4 Å². The van der Waals surface area contributed by atoms with Crippen LogP contribution in [0.1, 0.15) is 32.0 Å². The Balaban J connectivity index is 1.77. The fourth-order valence-corrected chi connectivity index (χ4v) is 3.38. The normalized spacial score (nSPS) is 11.3. The van der Waals surface area contributed by atoms with Crippen molar-refractivity contribution < 1.29 is 24.2 Å². The third-order valence-electron chi connectivity index (χ3n) is 4.83. The molecular weight excluding hydrogens is 394 g/mol. The maximum Gasteiger partial charge on any atom is 0.335 e. The summed E-state index contributed by atoms with van der Waals surface area (Å²) in [7, 11) is 0. The zero-order chi connectivity index (χ0) is 22.0. The van der Waals surface area contributed by atoms with Crippen LogP contribution >= 0.6 is 0 Å². The van der Waals surface area contributed by atoms with Crippen LogP contribution in [0.4, 0.5) is 0 Å². The zero-order valence-corrected chi connectivity index (χ0v) is 16.1. The van der Waals surface area contributed by atoms with Crippen LogP contribution in [-0.4, -0.2) is 22.2 Å². The first-order valence-electron chi connectivity index (χ1n) is 9.28. The molecule has 0 saturated carbocycles. The summed E-state index contributed by atoms with van der Waals surface area (Å²) < 4.78 is 5.79. The first-order valence-corrected chi connectivity index (χ1v) is 9.28. The van der Waals surface area contributed by atoms with Gasteiger partial charge in [-0.2, -0.15) is 5.26 Å². The molecule has 0 aliphatic carbocycles. The van der Waals surface area contributed by atoms with Crippen LogP contribution in [-0.2, 0) is 0 Å². The third-order valence-corrected chi connectivity index (χ3v) is 4.83. The zero-order valence-electron chi connectivity index (χ0n) is 16.1. The Bertz CT molecular complexity index is 1370. The molecule has 6 heteroatoms. The number of hydrogen-bond acceptors (Lipinski definition) is 4. The smallest absolute Gasteiger partial charge is 0.335 e. The summed E-state index contributed by atoms with van der Waals surface area (Å²) in [4.78, 5) is 22.7. The van der Waals surface area contributed by atoms with Gasteiger partial charge in [0.15, 0.2) is 0 Å². The van der Waals surface area contributed by atoms with Gasteiger partial charge in [-0.25, -0.2) is 9.59 Å². The number of aromatic carboxylic acids is 2. The number of furan rings is 1. The molecule has 0 atom stereocenters. The second kappa shape index (κ2) is 8.01. The van der Waals surface area contributed by atoms with Gasteiger partial charge in [0.2, 0.25) is 0 Å². The van der Waals surface area contributed by atoms with Gasteiger partial charge in [0.05, 0.1) is 22.8 Å². The van der Waals surface area contributed by atoms with E-state index in [-0.39, 0.29) is 11.1 Å². The monoisotopic (exact) mass is 409 g/mol. The first kappa shape index (κ1) is 19.7. The number of carboxylic acid groups (broad SMARTS) is 2. The number of carboxylic acids is 2. The number of hydrogen-bond donors (Lipinski definition) is 2. The van der Waals surface area contributed by atoms with Gasteiger partial charge < -0.3 is 14.6 Å². The van der Waals surface area contributed by atoms with Gasteiger partial charge in [-0.3, -0.25) is 0 Å². The minimum atomic E-state index is -1.24. The molecule has 0 aliphatic heterocycles. The largest absolute Gasteiger partial charge is 0.478 e. The van der Waals surface area contributed by atoms with Crippen LogP contribution in [0.3, 0.4) is 0 Å². The van der Waals surface area contributed by atoms with Gasteiger partial charge >= 0.3 is 11.9 Å². The minimum Gasteiger partial charge on any atom is -0.478 e. The molecule has 0 saturated heterocycles. The Morgan fingerprint density at radius 3 is 2.23 bits per heavy atom. The van der Waals surface area contributed by atoms with E-state index in [9.17, 15) is 25.1 Å². The van der Waals surface area contributed by atoms with E-state index < -0.39 is 11.9 Å². The fraction of sp³-hybridized carbons (Fsp3) is 0. The average molecular weight is 409 g/mol. The molecule has 3 aromatic carbocycles. The van der Waals surface area contributed by atoms with E-state index in [2.05, 4.69) is 6.07 Å². The molecule has 150 valence electrons. The molecule has 0 aliphatic rings. The number of fused-ring (bicyclic) bond motifs is 1. The van der Waals surface area contributed by atoms with E-state index in [1.165, 1.54) is 12.1 Å². The second-order valence-electron chi connectivity index (χ2n) is 6.81. The van der Waals surface area contributed by atoms with Crippen molar-refractivity contribution in [2.75, 3.05) is 0 Å². The molecule has 31 heavy (non-hydrogen) atoms. The number of nitriles is 1. The lowest BCUT2D eigenvalue weighted by Crippen LogP contribution is -2.02. The summed E-state index contributed by atoms with van der Waals surface area (Å²) in [6.45, 7) is 0. The lowest BCUT2D eigenvalue weighted by molar-refractivity contribution is 0.0696. The molecule has 0 radical (unpaired) electrons. The lowest BCUT2D eigenvalue weighted by atomic mass is 9.98. The minimum absolute atomic E-state index is 0.156. The van der Waals surface area contributed by atoms with Gasteiger partial charge in [-0.1, -0.05) is 42.5 Å². The first-order chi connectivity index (χ1) is 15.0. The topological polar surface area (TPSA) is 112 Å². The third kappa shape index (κ3) is 3.93. The van der Waals surface area contributed by atoms with Gasteiger partial charge in [0.1, 0.15) is 11.5 Å². The summed E-state index contributed by atoms with van der Waals surface area (Å²) in [5.41, 5.74) is 1.18. The van der Waals surface area contributed by atoms with Crippen molar-refractivity contribution in [2.45, 2.75) is 0 Å². The average Bonchev–Trinajstić information content (AvgIpc) is 3.25. The SMILES string of the molecule is N#C/C(=C/c1ccc(-c2cc(C(=O)O)cc(C(=O)O)c2)o1)c1cccc2ccccc12. The molecule has 6 nitrogen and oxygen atoms in total. The second-order valence-corrected chi connectivity index (χ2v) is 6.81. The highest BCUT2D eigenvalue weighted by Gasteiger charge is 2.15. The summed E-state index contributed by atoms with van der Waals surface area (Å²) in [5, 5.41) is 30.2. The molecule has 2 N–H and O–H groups in total. The standard InChI is InChI=1S/C25H15NO5/c26-14-19(22-7-3-5-15-4-1-2-6-21(15)22)13-20-8-9-23(31-20)16-10-17(24(27)28)12-18(11-16)25(29)30/h1-13H,(H,27,28)(H,29,30)/b19-13-. The van der Waals surface area contributed by atoms with Gasteiger partial charge in [-0.05, 0) is 47.2 Å². The van der Waals surface area contributed by atoms with Crippen LogP contribution in [0, 0.1) is 11.3 Å². The predicted molar refractivity (Wildman–Crippen MR) is 115 cm³/mol. The van der Waals surface area contributed by atoms with Gasteiger partial charge in [0.25, 0.3) is 0 Å². The molecule has 0 bridgehead atoms. The highest BCUT2D eigenvalue weighted by Crippen LogP contribution is 2.29. The quantitative estimate of drug-likeness (QED) is 0.417. The Hall–Kier alpha value is -4.63. The molecule has 1 heterocycles. The fourth-order valence-electron chi connectivity index (χ4n) is 3.38. The highest BCUT2D eigenvalue weighted by molar-refractivity contribution is 6.01. The Kier molecular flexibility index (Phi) is 5.08. The van der Waals surface area contributed by atoms with Gasteiger partial charge in [0, 0.05) is 11.1 Å². The molecule has 0 fully saturated rings. The number of rotatable bonds is 5. The summed E-state index contributed by atoms with van der Waals surface area (Å²) in [6, 6.07) is 22.7. The maximum atomic E-state index is 11.3. The van der Waals surface area contributed by atoms with E-state index >= 15 is 0 Å². The highest BCUT2D eigenvalue weighted by atomic mass is 16.4. The van der Waals surface area contributed by atoms with E-state index in [0.717, 1.165) is 22.4 Å². The van der Waals surface area contributed by atoms with Crippen molar-refractivity contribution in [2.24, 2.45) is 0 Å². The number of carbonyl (C=O) groups is 2. The van der Waals surface area contributed by atoms with Crippen LogP contribution in [0.25, 0.3) is 33.7 Å². The number of benzene rings is 3. The van der Waals surface area contributed by atoms with Crippen molar-refractivity contribution in [3.63, 3.8) is 0 Å². The van der Waals surface area contributed by atoms with E-state index in [1.54, 1.807) is 18.2 Å². The molecule has 1 aromatic heterocycles. The van der Waals surface area contributed by atoms with Crippen molar-refractivity contribution in [3.8, 4) is 17.4 Å². The summed E-state index contributed by atoms with van der Waals surface area (Å²) >= 11 is 0. The Morgan fingerprint density at radius 1 is 0.871 bits per heavy atom. The molecule has 4 aromatic rings. The number of nitrogens with zero attached hydrogens (tertiary/aromatic N) is 1. The van der Waals surface area contributed by atoms with Crippen molar-refractivity contribution in [3.05, 3.63) is 95.2 Å². The van der Waals surface area contributed by atoms with E-state index in [1.807, 2.05) is 42.5 Å².